The van der Waals surface area contributed by atoms with Crippen LogP contribution in [0, 0.1) is 0 Å². The number of aromatic amines is 1. The molecule has 3 aromatic carbocycles. The van der Waals surface area contributed by atoms with Gasteiger partial charge in [0.2, 0.25) is 0 Å². The number of nitrogens with zero attached hydrogens (tertiary/aromatic N) is 4. The smallest absolute Gasteiger partial charge is 0.347 e. The van der Waals surface area contributed by atoms with E-state index < -0.39 is 5.79 Å². The van der Waals surface area contributed by atoms with Crippen LogP contribution in [0.1, 0.15) is 12.5 Å². The number of hydrogen-bond donors (Lipinski definition) is 1. The summed E-state index contributed by atoms with van der Waals surface area (Å²) in [5, 5.41) is 7.28. The van der Waals surface area contributed by atoms with Crippen molar-refractivity contribution in [3.8, 4) is 11.4 Å². The van der Waals surface area contributed by atoms with Gasteiger partial charge in [-0.15, -0.1) is 0 Å². The zero-order valence-corrected chi connectivity index (χ0v) is 23.4. The average Bonchev–Trinajstić information content (AvgIpc) is 3.58. The molecule has 0 radical (unpaired) electrons. The molecule has 0 aliphatic carbocycles. The summed E-state index contributed by atoms with van der Waals surface area (Å²) >= 11 is 12.4. The second-order valence-electron chi connectivity index (χ2n) is 9.95. The molecule has 2 atom stereocenters. The van der Waals surface area contributed by atoms with Crippen molar-refractivity contribution in [2.45, 2.75) is 18.8 Å². The van der Waals surface area contributed by atoms with Crippen molar-refractivity contribution in [3.05, 3.63) is 99.2 Å². The lowest BCUT2D eigenvalue weighted by molar-refractivity contribution is -0.164. The van der Waals surface area contributed by atoms with E-state index in [1.165, 1.54) is 10.9 Å². The number of halogens is 2. The van der Waals surface area contributed by atoms with Crippen molar-refractivity contribution in [1.82, 2.24) is 14.8 Å². The number of anilines is 2. The number of aromatic nitrogens is 3. The third-order valence-corrected chi connectivity index (χ3v) is 7.87. The summed E-state index contributed by atoms with van der Waals surface area (Å²) in [5.74, 6) is -0.163. The highest BCUT2D eigenvalue weighted by Crippen LogP contribution is 2.38. The van der Waals surface area contributed by atoms with Gasteiger partial charge in [0.05, 0.1) is 17.3 Å². The van der Waals surface area contributed by atoms with E-state index in [2.05, 4.69) is 32.1 Å². The Labute approximate surface area is 241 Å². The third-order valence-electron chi connectivity index (χ3n) is 7.32. The summed E-state index contributed by atoms with van der Waals surface area (Å²) in [6, 6.07) is 21.4. The van der Waals surface area contributed by atoms with Crippen molar-refractivity contribution in [3.63, 3.8) is 0 Å². The first-order valence-electron chi connectivity index (χ1n) is 13.1. The van der Waals surface area contributed by atoms with Crippen LogP contribution in [0.5, 0.6) is 5.75 Å². The third kappa shape index (κ3) is 5.55. The monoisotopic (exact) mass is 581 g/mol. The largest absolute Gasteiger partial charge is 0.491 e. The number of H-pyrrole nitrogens is 1. The summed E-state index contributed by atoms with van der Waals surface area (Å²) in [6.07, 6.45) is 1.26. The highest BCUT2D eigenvalue weighted by Gasteiger charge is 2.40. The van der Waals surface area contributed by atoms with Gasteiger partial charge in [-0.25, -0.2) is 14.5 Å². The highest BCUT2D eigenvalue weighted by atomic mass is 35.5. The molecule has 11 heteroatoms. The van der Waals surface area contributed by atoms with Crippen LogP contribution in [0.2, 0.25) is 10.0 Å². The van der Waals surface area contributed by atoms with Crippen LogP contribution in [0.4, 0.5) is 11.4 Å². The Morgan fingerprint density at radius 3 is 2.17 bits per heavy atom. The van der Waals surface area contributed by atoms with Gasteiger partial charge < -0.3 is 24.0 Å². The zero-order chi connectivity index (χ0) is 27.7. The standard InChI is InChI=1S/C29H29Cl2N5O4/c1-29(26-11-2-20(30)16-27(26)31)39-18-25(40-29)17-38-24-9-7-22(8-10-24)35-14-12-34(13-15-35)21-3-5-23(6-4-21)36-19-32-33-28(36)37/h2-11,16,19,25H,12-15,17-18H2,1H3,(H,33,37)/t25-,29-/m1/s1. The summed E-state index contributed by atoms with van der Waals surface area (Å²) in [4.78, 5) is 16.5. The summed E-state index contributed by atoms with van der Waals surface area (Å²) in [5.41, 5.74) is 3.58. The number of piperazine rings is 1. The molecule has 3 heterocycles. The first-order chi connectivity index (χ1) is 19.4. The number of nitrogens with one attached hydrogen (secondary N) is 1. The van der Waals surface area contributed by atoms with Gasteiger partial charge in [0.25, 0.3) is 0 Å². The molecule has 0 bridgehead atoms. The number of ether oxygens (including phenoxy) is 3. The lowest BCUT2D eigenvalue weighted by Gasteiger charge is -2.37. The minimum atomic E-state index is -0.941. The van der Waals surface area contributed by atoms with Gasteiger partial charge in [0.1, 0.15) is 24.8 Å². The van der Waals surface area contributed by atoms with Gasteiger partial charge in [0.15, 0.2) is 5.79 Å². The van der Waals surface area contributed by atoms with Crippen LogP contribution in [0.15, 0.2) is 77.9 Å². The van der Waals surface area contributed by atoms with Crippen LogP contribution in [0.3, 0.4) is 0 Å². The van der Waals surface area contributed by atoms with E-state index in [-0.39, 0.29) is 11.8 Å². The summed E-state index contributed by atoms with van der Waals surface area (Å²) in [6.45, 7) is 6.24. The normalized spacial score (nSPS) is 21.1. The fraction of sp³-hybridized carbons (Fsp3) is 0.310. The van der Waals surface area contributed by atoms with E-state index in [0.29, 0.717) is 23.3 Å². The topological polar surface area (TPSA) is 84.9 Å². The number of hydrogen-bond acceptors (Lipinski definition) is 7. The molecule has 2 aliphatic rings. The van der Waals surface area contributed by atoms with E-state index in [4.69, 9.17) is 37.4 Å². The Balaban J connectivity index is 0.993. The van der Waals surface area contributed by atoms with Gasteiger partial charge in [-0.1, -0.05) is 29.3 Å². The van der Waals surface area contributed by atoms with Gasteiger partial charge in [-0.3, -0.25) is 0 Å². The Kier molecular flexibility index (Phi) is 7.46. The maximum absolute atomic E-state index is 11.8. The molecule has 6 rings (SSSR count). The van der Waals surface area contributed by atoms with Gasteiger partial charge in [0, 0.05) is 48.1 Å². The van der Waals surface area contributed by atoms with Crippen LogP contribution in [-0.4, -0.2) is 60.3 Å². The van der Waals surface area contributed by atoms with E-state index in [9.17, 15) is 4.79 Å². The molecule has 0 saturated carbocycles. The molecule has 2 saturated heterocycles. The van der Waals surface area contributed by atoms with Gasteiger partial charge in [-0.2, -0.15) is 5.10 Å². The fourth-order valence-electron chi connectivity index (χ4n) is 5.14. The lowest BCUT2D eigenvalue weighted by atomic mass is 10.1. The Morgan fingerprint density at radius 1 is 0.950 bits per heavy atom. The molecular weight excluding hydrogens is 553 g/mol. The van der Waals surface area contributed by atoms with Crippen LogP contribution >= 0.6 is 23.2 Å². The molecule has 0 spiro atoms. The van der Waals surface area contributed by atoms with E-state index in [1.807, 2.05) is 49.4 Å². The molecule has 1 N–H and O–H groups in total. The second-order valence-corrected chi connectivity index (χ2v) is 10.8. The first-order valence-corrected chi connectivity index (χ1v) is 13.9. The molecular formula is C29H29Cl2N5O4. The highest BCUT2D eigenvalue weighted by molar-refractivity contribution is 6.35. The fourth-order valence-corrected chi connectivity index (χ4v) is 5.72. The number of rotatable bonds is 7. The van der Waals surface area contributed by atoms with Crippen molar-refractivity contribution < 1.29 is 14.2 Å². The Hall–Kier alpha value is -3.50. The van der Waals surface area contributed by atoms with E-state index in [0.717, 1.165) is 54.6 Å². The Bertz CT molecular complexity index is 1520. The second kappa shape index (κ2) is 11.2. The van der Waals surface area contributed by atoms with Gasteiger partial charge in [-0.05, 0) is 67.6 Å². The molecule has 4 aromatic rings. The maximum atomic E-state index is 11.8. The Morgan fingerprint density at radius 2 is 1.57 bits per heavy atom. The van der Waals surface area contributed by atoms with Crippen molar-refractivity contribution in [2.24, 2.45) is 0 Å². The van der Waals surface area contributed by atoms with Crippen molar-refractivity contribution >= 4 is 34.6 Å². The predicted molar refractivity (Wildman–Crippen MR) is 155 cm³/mol. The van der Waals surface area contributed by atoms with Crippen molar-refractivity contribution in [1.29, 1.82) is 0 Å². The molecule has 9 nitrogen and oxygen atoms in total. The predicted octanol–water partition coefficient (Wildman–Crippen LogP) is 4.86. The maximum Gasteiger partial charge on any atom is 0.347 e. The first kappa shape index (κ1) is 26.7. The summed E-state index contributed by atoms with van der Waals surface area (Å²) < 4.78 is 19.6. The molecule has 208 valence electrons. The number of benzene rings is 3. The van der Waals surface area contributed by atoms with Crippen LogP contribution in [0.25, 0.3) is 5.69 Å². The quantitative estimate of drug-likeness (QED) is 0.333. The minimum absolute atomic E-state index is 0.223. The molecule has 0 unspecified atom stereocenters. The summed E-state index contributed by atoms with van der Waals surface area (Å²) in [7, 11) is 0. The average molecular weight is 582 g/mol. The molecule has 2 fully saturated rings. The van der Waals surface area contributed by atoms with Crippen molar-refractivity contribution in [2.75, 3.05) is 49.2 Å². The van der Waals surface area contributed by atoms with Crippen LogP contribution in [-0.2, 0) is 15.3 Å². The SMILES string of the molecule is C[C@@]1(c2ccc(Cl)cc2Cl)OC[C@@H](COc2ccc(N3CCN(c4ccc(-n5cn[nH]c5=O)cc4)CC3)cc2)O1. The van der Waals surface area contributed by atoms with Gasteiger partial charge >= 0.3 is 5.69 Å². The van der Waals surface area contributed by atoms with Crippen LogP contribution < -0.4 is 20.2 Å². The molecule has 0 amide bonds. The molecule has 2 aliphatic heterocycles. The van der Waals surface area contributed by atoms with E-state index >= 15 is 0 Å². The molecule has 1 aromatic heterocycles. The zero-order valence-electron chi connectivity index (χ0n) is 21.9. The molecule has 40 heavy (non-hydrogen) atoms. The minimum Gasteiger partial charge on any atom is -0.491 e. The lowest BCUT2D eigenvalue weighted by Crippen LogP contribution is -2.46. The van der Waals surface area contributed by atoms with E-state index in [1.54, 1.807) is 12.1 Å².